The second kappa shape index (κ2) is 3.14. The van der Waals surface area contributed by atoms with E-state index in [9.17, 15) is 0 Å². The van der Waals surface area contributed by atoms with E-state index in [4.69, 9.17) is 0 Å². The first-order chi connectivity index (χ1) is 5.36. The average molecular weight is 153 g/mol. The Kier molecular flexibility index (Phi) is 2.17. The lowest BCUT2D eigenvalue weighted by Gasteiger charge is -2.15. The predicted octanol–water partition coefficient (Wildman–Crippen LogP) is 2.17. The fraction of sp³-hybridized carbons (Fsp3) is 1.00. The molecule has 0 aromatic rings. The summed E-state index contributed by atoms with van der Waals surface area (Å²) < 4.78 is 0. The lowest BCUT2D eigenvalue weighted by molar-refractivity contribution is 0.399. The quantitative estimate of drug-likeness (QED) is 0.655. The Bertz CT molecular complexity index is 123. The average Bonchev–Trinajstić information content (AvgIpc) is 2.73. The van der Waals surface area contributed by atoms with Crippen LogP contribution in [0, 0.1) is 11.8 Å². The molecule has 2 aliphatic rings. The van der Waals surface area contributed by atoms with Gasteiger partial charge in [-0.1, -0.05) is 6.92 Å². The molecule has 0 aromatic heterocycles. The van der Waals surface area contributed by atoms with Gasteiger partial charge >= 0.3 is 0 Å². The van der Waals surface area contributed by atoms with Crippen LogP contribution in [0.5, 0.6) is 0 Å². The second-order valence-corrected chi connectivity index (χ2v) is 4.34. The molecule has 1 heterocycles. The first kappa shape index (κ1) is 7.60. The van der Waals surface area contributed by atoms with Gasteiger partial charge in [-0.25, -0.2) is 0 Å². The van der Waals surface area contributed by atoms with Crippen LogP contribution < -0.4 is 5.32 Å². The summed E-state index contributed by atoms with van der Waals surface area (Å²) in [4.78, 5) is 0. The van der Waals surface area contributed by atoms with E-state index in [1.165, 1.54) is 38.6 Å². The summed E-state index contributed by atoms with van der Waals surface area (Å²) in [5, 5.41) is 3.57. The molecular formula is C10H19N. The summed E-state index contributed by atoms with van der Waals surface area (Å²) in [6.45, 7) is 3.69. The van der Waals surface area contributed by atoms with Gasteiger partial charge in [0.15, 0.2) is 0 Å². The van der Waals surface area contributed by atoms with Crippen molar-refractivity contribution in [1.29, 1.82) is 0 Å². The summed E-state index contributed by atoms with van der Waals surface area (Å²) in [6, 6.07) is 0.866. The van der Waals surface area contributed by atoms with Crippen molar-refractivity contribution in [3.05, 3.63) is 0 Å². The molecule has 1 N–H and O–H groups in total. The Morgan fingerprint density at radius 1 is 1.36 bits per heavy atom. The van der Waals surface area contributed by atoms with E-state index in [-0.39, 0.29) is 0 Å². The molecule has 64 valence electrons. The zero-order chi connectivity index (χ0) is 7.68. The van der Waals surface area contributed by atoms with Gasteiger partial charge in [-0.05, 0) is 50.5 Å². The van der Waals surface area contributed by atoms with Crippen molar-refractivity contribution in [3.63, 3.8) is 0 Å². The molecule has 11 heavy (non-hydrogen) atoms. The largest absolute Gasteiger partial charge is 0.314 e. The van der Waals surface area contributed by atoms with E-state index in [1.807, 2.05) is 0 Å². The SMILES string of the molecule is CC(CC1CCCN1)C1CC1. The van der Waals surface area contributed by atoms with Crippen molar-refractivity contribution in [2.24, 2.45) is 11.8 Å². The smallest absolute Gasteiger partial charge is 0.00701 e. The highest BCUT2D eigenvalue weighted by molar-refractivity contribution is 4.84. The molecule has 1 saturated carbocycles. The van der Waals surface area contributed by atoms with Crippen LogP contribution in [0.15, 0.2) is 0 Å². The van der Waals surface area contributed by atoms with Crippen molar-refractivity contribution < 1.29 is 0 Å². The monoisotopic (exact) mass is 153 g/mol. The third-order valence-corrected chi connectivity index (χ3v) is 3.25. The van der Waals surface area contributed by atoms with Crippen molar-refractivity contribution in [1.82, 2.24) is 5.32 Å². The van der Waals surface area contributed by atoms with E-state index in [2.05, 4.69) is 12.2 Å². The maximum absolute atomic E-state index is 3.57. The van der Waals surface area contributed by atoms with Crippen molar-refractivity contribution in [3.8, 4) is 0 Å². The van der Waals surface area contributed by atoms with Gasteiger partial charge in [0, 0.05) is 6.04 Å². The number of rotatable bonds is 3. The molecule has 2 rings (SSSR count). The summed E-state index contributed by atoms with van der Waals surface area (Å²) in [5.41, 5.74) is 0. The Hall–Kier alpha value is -0.0400. The van der Waals surface area contributed by atoms with Crippen LogP contribution in [0.1, 0.15) is 39.0 Å². The zero-order valence-corrected chi connectivity index (χ0v) is 7.47. The van der Waals surface area contributed by atoms with Crippen LogP contribution in [-0.2, 0) is 0 Å². The van der Waals surface area contributed by atoms with Gasteiger partial charge in [-0.2, -0.15) is 0 Å². The molecular weight excluding hydrogens is 134 g/mol. The lowest BCUT2D eigenvalue weighted by atomic mass is 9.96. The van der Waals surface area contributed by atoms with Gasteiger partial charge in [-0.15, -0.1) is 0 Å². The standard InChI is InChI=1S/C10H19N/c1-8(9-4-5-9)7-10-3-2-6-11-10/h8-11H,2-7H2,1H3. The number of hydrogen-bond donors (Lipinski definition) is 1. The molecule has 1 aliphatic carbocycles. The summed E-state index contributed by atoms with van der Waals surface area (Å²) in [7, 11) is 0. The molecule has 1 heteroatoms. The van der Waals surface area contributed by atoms with Crippen LogP contribution in [0.4, 0.5) is 0 Å². The normalized spacial score (nSPS) is 34.1. The molecule has 1 nitrogen and oxygen atoms in total. The fourth-order valence-corrected chi connectivity index (χ4v) is 2.26. The maximum Gasteiger partial charge on any atom is 0.00701 e. The minimum atomic E-state index is 0.866. The van der Waals surface area contributed by atoms with E-state index in [0.717, 1.165) is 17.9 Å². The van der Waals surface area contributed by atoms with Gasteiger partial charge in [0.2, 0.25) is 0 Å². The first-order valence-corrected chi connectivity index (χ1v) is 5.09. The van der Waals surface area contributed by atoms with Crippen molar-refractivity contribution >= 4 is 0 Å². The van der Waals surface area contributed by atoms with E-state index in [1.54, 1.807) is 0 Å². The zero-order valence-electron chi connectivity index (χ0n) is 7.47. The topological polar surface area (TPSA) is 12.0 Å². The van der Waals surface area contributed by atoms with E-state index >= 15 is 0 Å². The minimum absolute atomic E-state index is 0.866. The molecule has 0 spiro atoms. The highest BCUT2D eigenvalue weighted by Crippen LogP contribution is 2.39. The highest BCUT2D eigenvalue weighted by Gasteiger charge is 2.30. The van der Waals surface area contributed by atoms with Crippen molar-refractivity contribution in [2.45, 2.75) is 45.1 Å². The van der Waals surface area contributed by atoms with Gasteiger partial charge in [-0.3, -0.25) is 0 Å². The molecule has 2 unspecified atom stereocenters. The molecule has 0 amide bonds. The summed E-state index contributed by atoms with van der Waals surface area (Å²) >= 11 is 0. The lowest BCUT2D eigenvalue weighted by Crippen LogP contribution is -2.24. The fourth-order valence-electron chi connectivity index (χ4n) is 2.26. The van der Waals surface area contributed by atoms with Crippen molar-refractivity contribution in [2.75, 3.05) is 6.54 Å². The van der Waals surface area contributed by atoms with Crippen LogP contribution in [0.2, 0.25) is 0 Å². The van der Waals surface area contributed by atoms with E-state index in [0.29, 0.717) is 0 Å². The summed E-state index contributed by atoms with van der Waals surface area (Å²) in [5.74, 6) is 2.09. The Morgan fingerprint density at radius 3 is 2.73 bits per heavy atom. The second-order valence-electron chi connectivity index (χ2n) is 4.34. The maximum atomic E-state index is 3.57. The summed E-state index contributed by atoms with van der Waals surface area (Å²) in [6.07, 6.45) is 7.28. The number of hydrogen-bond acceptors (Lipinski definition) is 1. The van der Waals surface area contributed by atoms with Crippen LogP contribution in [-0.4, -0.2) is 12.6 Å². The van der Waals surface area contributed by atoms with E-state index < -0.39 is 0 Å². The molecule has 2 atom stereocenters. The molecule has 0 radical (unpaired) electrons. The highest BCUT2D eigenvalue weighted by atomic mass is 14.9. The van der Waals surface area contributed by atoms with Crippen LogP contribution in [0.25, 0.3) is 0 Å². The Balaban J connectivity index is 1.70. The molecule has 1 saturated heterocycles. The molecule has 2 fully saturated rings. The molecule has 1 aliphatic heterocycles. The molecule has 0 bridgehead atoms. The van der Waals surface area contributed by atoms with Crippen LogP contribution >= 0.6 is 0 Å². The third kappa shape index (κ3) is 1.96. The van der Waals surface area contributed by atoms with Gasteiger partial charge in [0.25, 0.3) is 0 Å². The van der Waals surface area contributed by atoms with Gasteiger partial charge in [0.1, 0.15) is 0 Å². The third-order valence-electron chi connectivity index (χ3n) is 3.25. The predicted molar refractivity (Wildman–Crippen MR) is 47.5 cm³/mol. The molecule has 0 aromatic carbocycles. The van der Waals surface area contributed by atoms with Crippen LogP contribution in [0.3, 0.4) is 0 Å². The Morgan fingerprint density at radius 2 is 2.18 bits per heavy atom. The number of nitrogens with one attached hydrogen (secondary N) is 1. The first-order valence-electron chi connectivity index (χ1n) is 5.09. The Labute approximate surface area is 69.6 Å². The van der Waals surface area contributed by atoms with Gasteiger partial charge < -0.3 is 5.32 Å². The van der Waals surface area contributed by atoms with Gasteiger partial charge in [0.05, 0.1) is 0 Å². The minimum Gasteiger partial charge on any atom is -0.314 e.